The third-order valence-electron chi connectivity index (χ3n) is 6.22. The van der Waals surface area contributed by atoms with Crippen LogP contribution in [0.15, 0.2) is 18.2 Å². The van der Waals surface area contributed by atoms with Gasteiger partial charge in [-0.1, -0.05) is 26.0 Å². The molecule has 1 aromatic carbocycles. The molecule has 1 spiro atoms. The average molecular weight is 375 g/mol. The van der Waals surface area contributed by atoms with E-state index in [9.17, 15) is 9.90 Å². The maximum atomic E-state index is 12.2. The molecule has 1 N–H and O–H groups in total. The van der Waals surface area contributed by atoms with E-state index >= 15 is 0 Å². The summed E-state index contributed by atoms with van der Waals surface area (Å²) in [6.07, 6.45) is 3.91. The van der Waals surface area contributed by atoms with E-state index in [1.54, 1.807) is 7.11 Å². The van der Waals surface area contributed by atoms with Crippen LogP contribution in [0.25, 0.3) is 0 Å². The highest BCUT2D eigenvalue weighted by molar-refractivity contribution is 5.77. The zero-order valence-electron chi connectivity index (χ0n) is 17.0. The molecule has 0 saturated carbocycles. The lowest BCUT2D eigenvalue weighted by Crippen LogP contribution is -2.54. The molecule has 2 heterocycles. The first kappa shape index (κ1) is 20.2. The predicted octanol–water partition coefficient (Wildman–Crippen LogP) is 3.02. The van der Waals surface area contributed by atoms with Crippen molar-refractivity contribution in [3.63, 3.8) is 0 Å². The van der Waals surface area contributed by atoms with Crippen LogP contribution in [0.1, 0.15) is 56.6 Å². The van der Waals surface area contributed by atoms with Crippen molar-refractivity contribution in [2.75, 3.05) is 39.9 Å². The summed E-state index contributed by atoms with van der Waals surface area (Å²) in [5, 5.41) is 9.28. The fourth-order valence-electron chi connectivity index (χ4n) is 4.73. The van der Waals surface area contributed by atoms with Crippen LogP contribution < -0.4 is 4.74 Å². The van der Waals surface area contributed by atoms with E-state index < -0.39 is 0 Å². The quantitative estimate of drug-likeness (QED) is 0.832. The van der Waals surface area contributed by atoms with Crippen molar-refractivity contribution in [3.8, 4) is 5.75 Å². The standard InChI is InChI=1S/C22H34N2O3/c1-17(2)18-5-6-20(27-3)19(13-18)14-23-10-4-8-22(15-23)9-7-21(26)24(16-22)11-12-25/h5-6,13,17,25H,4,7-12,14-16H2,1-3H3. The van der Waals surface area contributed by atoms with Crippen molar-refractivity contribution >= 4 is 5.91 Å². The molecule has 2 fully saturated rings. The fourth-order valence-corrected chi connectivity index (χ4v) is 4.73. The molecule has 1 amide bonds. The first-order chi connectivity index (χ1) is 13.0. The molecule has 0 bridgehead atoms. The van der Waals surface area contributed by atoms with E-state index in [0.29, 0.717) is 18.9 Å². The molecular formula is C22H34N2O3. The number of β-amino-alcohol motifs (C(OH)–C–C–N with tert-alkyl or cyclic N) is 1. The van der Waals surface area contributed by atoms with Crippen molar-refractivity contribution in [3.05, 3.63) is 29.3 Å². The lowest BCUT2D eigenvalue weighted by molar-refractivity contribution is -0.140. The Morgan fingerprint density at radius 3 is 2.78 bits per heavy atom. The summed E-state index contributed by atoms with van der Waals surface area (Å²) in [6, 6.07) is 6.53. The van der Waals surface area contributed by atoms with Gasteiger partial charge in [-0.25, -0.2) is 0 Å². The predicted molar refractivity (Wildman–Crippen MR) is 107 cm³/mol. The number of likely N-dealkylation sites (tertiary alicyclic amines) is 2. The summed E-state index contributed by atoms with van der Waals surface area (Å²) in [5.41, 5.74) is 2.76. The number of amides is 1. The van der Waals surface area contributed by atoms with Gasteiger partial charge in [-0.15, -0.1) is 0 Å². The smallest absolute Gasteiger partial charge is 0.222 e. The molecule has 5 heteroatoms. The number of aliphatic hydroxyl groups excluding tert-OH is 1. The first-order valence-electron chi connectivity index (χ1n) is 10.2. The lowest BCUT2D eigenvalue weighted by Gasteiger charge is -2.48. The molecule has 150 valence electrons. The average Bonchev–Trinajstić information content (AvgIpc) is 2.65. The first-order valence-corrected chi connectivity index (χ1v) is 10.2. The maximum Gasteiger partial charge on any atom is 0.222 e. The van der Waals surface area contributed by atoms with Crippen molar-refractivity contribution in [2.45, 2.75) is 52.0 Å². The molecule has 27 heavy (non-hydrogen) atoms. The molecule has 1 aromatic rings. The van der Waals surface area contributed by atoms with Crippen LogP contribution in [0.4, 0.5) is 0 Å². The van der Waals surface area contributed by atoms with Gasteiger partial charge >= 0.3 is 0 Å². The second kappa shape index (κ2) is 8.61. The lowest BCUT2D eigenvalue weighted by atomic mass is 9.73. The van der Waals surface area contributed by atoms with Gasteiger partial charge < -0.3 is 14.7 Å². The fraction of sp³-hybridized carbons (Fsp3) is 0.682. The second-order valence-corrected chi connectivity index (χ2v) is 8.58. The van der Waals surface area contributed by atoms with E-state index in [1.807, 2.05) is 4.90 Å². The largest absolute Gasteiger partial charge is 0.496 e. The van der Waals surface area contributed by atoms with Gasteiger partial charge in [-0.05, 0) is 43.4 Å². The number of piperidine rings is 2. The molecule has 1 unspecified atom stereocenters. The second-order valence-electron chi connectivity index (χ2n) is 8.58. The molecule has 2 aliphatic heterocycles. The van der Waals surface area contributed by atoms with Gasteiger partial charge in [0, 0.05) is 43.6 Å². The Kier molecular flexibility index (Phi) is 6.43. The number of methoxy groups -OCH3 is 1. The van der Waals surface area contributed by atoms with E-state index in [2.05, 4.69) is 36.9 Å². The summed E-state index contributed by atoms with van der Waals surface area (Å²) in [5.74, 6) is 1.65. The zero-order valence-corrected chi connectivity index (χ0v) is 17.0. The van der Waals surface area contributed by atoms with Crippen LogP contribution >= 0.6 is 0 Å². The molecule has 2 saturated heterocycles. The maximum absolute atomic E-state index is 12.2. The minimum atomic E-state index is 0.0464. The molecule has 0 aliphatic carbocycles. The van der Waals surface area contributed by atoms with Crippen molar-refractivity contribution in [2.24, 2.45) is 5.41 Å². The van der Waals surface area contributed by atoms with Gasteiger partial charge in [0.15, 0.2) is 0 Å². The topological polar surface area (TPSA) is 53.0 Å². The third-order valence-corrected chi connectivity index (χ3v) is 6.22. The number of nitrogens with zero attached hydrogens (tertiary/aromatic N) is 2. The monoisotopic (exact) mass is 374 g/mol. The number of carbonyl (C=O) groups is 1. The minimum absolute atomic E-state index is 0.0464. The van der Waals surface area contributed by atoms with Crippen LogP contribution in [0.3, 0.4) is 0 Å². The zero-order chi connectivity index (χ0) is 19.4. The molecule has 0 aromatic heterocycles. The number of ether oxygens (including phenoxy) is 1. The van der Waals surface area contributed by atoms with Gasteiger partial charge in [0.25, 0.3) is 0 Å². The highest BCUT2D eigenvalue weighted by atomic mass is 16.5. The Bertz CT molecular complexity index is 661. The van der Waals surface area contributed by atoms with E-state index in [4.69, 9.17) is 4.74 Å². The van der Waals surface area contributed by atoms with Gasteiger partial charge in [-0.3, -0.25) is 9.69 Å². The SMILES string of the molecule is COc1ccc(C(C)C)cc1CN1CCCC2(CCC(=O)N(CCO)C2)C1. The molecule has 1 atom stereocenters. The summed E-state index contributed by atoms with van der Waals surface area (Å²) < 4.78 is 5.61. The Morgan fingerprint density at radius 2 is 2.07 bits per heavy atom. The molecule has 3 rings (SSSR count). The molecule has 5 nitrogen and oxygen atoms in total. The molecular weight excluding hydrogens is 340 g/mol. The Morgan fingerprint density at radius 1 is 1.26 bits per heavy atom. The van der Waals surface area contributed by atoms with Crippen LogP contribution in [0.2, 0.25) is 0 Å². The molecule has 2 aliphatic rings. The van der Waals surface area contributed by atoms with Gasteiger partial charge in [0.2, 0.25) is 5.91 Å². The summed E-state index contributed by atoms with van der Waals surface area (Å²) in [7, 11) is 1.74. The third kappa shape index (κ3) is 4.64. The van der Waals surface area contributed by atoms with E-state index in [0.717, 1.165) is 44.8 Å². The summed E-state index contributed by atoms with van der Waals surface area (Å²) in [6.45, 7) is 8.72. The summed E-state index contributed by atoms with van der Waals surface area (Å²) in [4.78, 5) is 16.5. The number of hydrogen-bond acceptors (Lipinski definition) is 4. The number of benzene rings is 1. The minimum Gasteiger partial charge on any atom is -0.496 e. The Balaban J connectivity index is 1.73. The Labute approximate surface area is 163 Å². The van der Waals surface area contributed by atoms with Crippen molar-refractivity contribution in [1.29, 1.82) is 0 Å². The van der Waals surface area contributed by atoms with Crippen LogP contribution in [0.5, 0.6) is 5.75 Å². The van der Waals surface area contributed by atoms with Crippen molar-refractivity contribution < 1.29 is 14.6 Å². The van der Waals surface area contributed by atoms with E-state index in [1.165, 1.54) is 17.5 Å². The van der Waals surface area contributed by atoms with Crippen LogP contribution in [-0.4, -0.2) is 60.7 Å². The van der Waals surface area contributed by atoms with Crippen LogP contribution in [-0.2, 0) is 11.3 Å². The highest BCUT2D eigenvalue weighted by Crippen LogP contribution is 2.39. The van der Waals surface area contributed by atoms with Gasteiger partial charge in [0.1, 0.15) is 5.75 Å². The highest BCUT2D eigenvalue weighted by Gasteiger charge is 2.41. The molecule has 0 radical (unpaired) electrons. The van der Waals surface area contributed by atoms with Crippen LogP contribution in [0, 0.1) is 5.41 Å². The van der Waals surface area contributed by atoms with Gasteiger partial charge in [0.05, 0.1) is 13.7 Å². The van der Waals surface area contributed by atoms with E-state index in [-0.39, 0.29) is 17.9 Å². The summed E-state index contributed by atoms with van der Waals surface area (Å²) >= 11 is 0. The van der Waals surface area contributed by atoms with Crippen molar-refractivity contribution in [1.82, 2.24) is 9.80 Å². The number of hydrogen-bond donors (Lipinski definition) is 1. The normalized spacial score (nSPS) is 24.0. The Hall–Kier alpha value is -1.59. The van der Waals surface area contributed by atoms with Gasteiger partial charge in [-0.2, -0.15) is 0 Å². The number of rotatable bonds is 6. The number of aliphatic hydroxyl groups is 1. The number of carbonyl (C=O) groups excluding carboxylic acids is 1.